The van der Waals surface area contributed by atoms with Crippen molar-refractivity contribution in [2.45, 2.75) is 6.42 Å². The molecule has 0 atom stereocenters. The Balaban J connectivity index is 3.13. The lowest BCUT2D eigenvalue weighted by Crippen LogP contribution is -2.27. The van der Waals surface area contributed by atoms with Gasteiger partial charge < -0.3 is 15.8 Å². The summed E-state index contributed by atoms with van der Waals surface area (Å²) < 4.78 is 65.5. The van der Waals surface area contributed by atoms with Gasteiger partial charge >= 0.3 is 0 Å². The van der Waals surface area contributed by atoms with Crippen molar-refractivity contribution < 1.29 is 27.2 Å². The van der Waals surface area contributed by atoms with Gasteiger partial charge in [-0.25, -0.2) is 22.0 Å². The zero-order valence-electron chi connectivity index (χ0n) is 9.72. The minimum atomic E-state index is -2.22. The maximum absolute atomic E-state index is 13.4. The number of amidine groups is 1. The molecule has 0 aromatic heterocycles. The second-order valence-corrected chi connectivity index (χ2v) is 3.68. The second kappa shape index (κ2) is 5.72. The summed E-state index contributed by atoms with van der Waals surface area (Å²) in [6.45, 7) is -0.200. The highest BCUT2D eigenvalue weighted by atomic mass is 19.2. The molecule has 0 aliphatic carbocycles. The number of hydrogen-bond acceptors (Lipinski definition) is 3. The van der Waals surface area contributed by atoms with Crippen LogP contribution < -0.4 is 10.6 Å². The van der Waals surface area contributed by atoms with Gasteiger partial charge in [-0.1, -0.05) is 5.16 Å². The molecule has 0 fully saturated rings. The lowest BCUT2D eigenvalue weighted by molar-refractivity contribution is 0.317. The Morgan fingerprint density at radius 1 is 1.05 bits per heavy atom. The van der Waals surface area contributed by atoms with Crippen molar-refractivity contribution >= 4 is 11.5 Å². The molecule has 3 N–H and O–H groups in total. The van der Waals surface area contributed by atoms with E-state index in [1.54, 1.807) is 0 Å². The molecule has 0 aliphatic heterocycles. The van der Waals surface area contributed by atoms with E-state index in [2.05, 4.69) is 5.16 Å². The van der Waals surface area contributed by atoms with Gasteiger partial charge in [-0.2, -0.15) is 0 Å². The lowest BCUT2D eigenvalue weighted by Gasteiger charge is -2.20. The SMILES string of the molecule is CN(CC/C(N)=N/O)c1c(F)c(F)c(F)c(F)c1F. The summed E-state index contributed by atoms with van der Waals surface area (Å²) in [4.78, 5) is 0.786. The van der Waals surface area contributed by atoms with E-state index >= 15 is 0 Å². The summed E-state index contributed by atoms with van der Waals surface area (Å²) in [6.07, 6.45) is -0.119. The Hall–Kier alpha value is -2.06. The van der Waals surface area contributed by atoms with Crippen molar-refractivity contribution in [2.75, 3.05) is 18.5 Å². The maximum Gasteiger partial charge on any atom is 0.200 e. The third-order valence-corrected chi connectivity index (χ3v) is 2.40. The molecule has 4 nitrogen and oxygen atoms in total. The van der Waals surface area contributed by atoms with E-state index in [9.17, 15) is 22.0 Å². The van der Waals surface area contributed by atoms with Gasteiger partial charge in [-0.15, -0.1) is 0 Å². The predicted molar refractivity (Wildman–Crippen MR) is 57.5 cm³/mol. The Labute approximate surface area is 104 Å². The highest BCUT2D eigenvalue weighted by Crippen LogP contribution is 2.29. The molecule has 9 heteroatoms. The summed E-state index contributed by atoms with van der Waals surface area (Å²) >= 11 is 0. The molecule has 0 radical (unpaired) electrons. The Kier molecular flexibility index (Phi) is 4.52. The molecule has 0 amide bonds. The number of anilines is 1. The van der Waals surface area contributed by atoms with Crippen molar-refractivity contribution in [3.63, 3.8) is 0 Å². The first kappa shape index (κ1) is 15.0. The molecule has 0 bridgehead atoms. The van der Waals surface area contributed by atoms with Crippen molar-refractivity contribution in [1.82, 2.24) is 0 Å². The van der Waals surface area contributed by atoms with E-state index < -0.39 is 34.8 Å². The molecule has 1 aromatic rings. The van der Waals surface area contributed by atoms with Gasteiger partial charge in [0.05, 0.1) is 0 Å². The quantitative estimate of drug-likeness (QED) is 0.169. The minimum absolute atomic E-state index is 0.119. The van der Waals surface area contributed by atoms with Crippen LogP contribution in [0, 0.1) is 29.1 Å². The van der Waals surface area contributed by atoms with E-state index in [0.29, 0.717) is 0 Å². The molecule has 0 saturated heterocycles. The number of oxime groups is 1. The van der Waals surface area contributed by atoms with Crippen LogP contribution in [0.25, 0.3) is 0 Å². The minimum Gasteiger partial charge on any atom is -0.409 e. The number of halogens is 5. The fourth-order valence-corrected chi connectivity index (χ4v) is 1.37. The lowest BCUT2D eigenvalue weighted by atomic mass is 10.2. The molecular formula is C10H10F5N3O. The van der Waals surface area contributed by atoms with Gasteiger partial charge in [-0.05, 0) is 0 Å². The van der Waals surface area contributed by atoms with Gasteiger partial charge in [0.15, 0.2) is 23.3 Å². The van der Waals surface area contributed by atoms with Crippen molar-refractivity contribution in [3.8, 4) is 0 Å². The van der Waals surface area contributed by atoms with Crippen LogP contribution >= 0.6 is 0 Å². The van der Waals surface area contributed by atoms with Crippen LogP contribution in [-0.2, 0) is 0 Å². The van der Waals surface area contributed by atoms with Crippen molar-refractivity contribution in [2.24, 2.45) is 10.9 Å². The fourth-order valence-electron chi connectivity index (χ4n) is 1.37. The zero-order valence-corrected chi connectivity index (χ0v) is 9.72. The number of benzene rings is 1. The van der Waals surface area contributed by atoms with Gasteiger partial charge in [0, 0.05) is 20.0 Å². The number of hydrogen-bond donors (Lipinski definition) is 2. The second-order valence-electron chi connectivity index (χ2n) is 3.68. The van der Waals surface area contributed by atoms with Gasteiger partial charge in [-0.3, -0.25) is 0 Å². The third-order valence-electron chi connectivity index (χ3n) is 2.40. The predicted octanol–water partition coefficient (Wildman–Crippen LogP) is 1.95. The topological polar surface area (TPSA) is 61.8 Å². The standard InChI is InChI=1S/C10H10F5N3O/c1-18(3-2-4(16)17-19)10-8(14)6(12)5(11)7(13)9(10)15/h19H,2-3H2,1H3,(H2,16,17). The van der Waals surface area contributed by atoms with Crippen LogP contribution in [0.5, 0.6) is 0 Å². The van der Waals surface area contributed by atoms with Crippen LogP contribution in [0.4, 0.5) is 27.6 Å². The van der Waals surface area contributed by atoms with E-state index in [1.807, 2.05) is 0 Å². The largest absolute Gasteiger partial charge is 0.409 e. The van der Waals surface area contributed by atoms with Crippen LogP contribution in [0.1, 0.15) is 6.42 Å². The average molecular weight is 283 g/mol. The number of nitrogens with zero attached hydrogens (tertiary/aromatic N) is 2. The van der Waals surface area contributed by atoms with Gasteiger partial charge in [0.2, 0.25) is 5.82 Å². The van der Waals surface area contributed by atoms with Crippen LogP contribution in [-0.4, -0.2) is 24.6 Å². The maximum atomic E-state index is 13.4. The van der Waals surface area contributed by atoms with Crippen LogP contribution in [0.15, 0.2) is 5.16 Å². The smallest absolute Gasteiger partial charge is 0.200 e. The molecule has 0 spiro atoms. The molecule has 0 unspecified atom stereocenters. The normalized spacial score (nSPS) is 11.8. The summed E-state index contributed by atoms with van der Waals surface area (Å²) in [7, 11) is 1.11. The first-order valence-electron chi connectivity index (χ1n) is 5.00. The van der Waals surface area contributed by atoms with Gasteiger partial charge in [0.1, 0.15) is 11.5 Å². The first-order chi connectivity index (χ1) is 8.81. The monoisotopic (exact) mass is 283 g/mol. The molecular weight excluding hydrogens is 273 g/mol. The van der Waals surface area contributed by atoms with Crippen LogP contribution in [0.3, 0.4) is 0 Å². The van der Waals surface area contributed by atoms with E-state index in [1.165, 1.54) is 0 Å². The number of nitrogens with two attached hydrogens (primary N) is 1. The molecule has 106 valence electrons. The van der Waals surface area contributed by atoms with E-state index in [0.717, 1.165) is 11.9 Å². The third kappa shape index (κ3) is 2.85. The zero-order chi connectivity index (χ0) is 14.7. The molecule has 1 rings (SSSR count). The van der Waals surface area contributed by atoms with Crippen LogP contribution in [0.2, 0.25) is 0 Å². The first-order valence-corrected chi connectivity index (χ1v) is 5.00. The highest BCUT2D eigenvalue weighted by molar-refractivity contribution is 5.80. The van der Waals surface area contributed by atoms with Crippen molar-refractivity contribution in [3.05, 3.63) is 29.1 Å². The Morgan fingerprint density at radius 2 is 1.47 bits per heavy atom. The van der Waals surface area contributed by atoms with E-state index in [4.69, 9.17) is 10.9 Å². The summed E-state index contributed by atoms with van der Waals surface area (Å²) in [5, 5.41) is 10.9. The summed E-state index contributed by atoms with van der Waals surface area (Å²) in [6, 6.07) is 0. The average Bonchev–Trinajstić information content (AvgIpc) is 2.40. The number of rotatable bonds is 4. The van der Waals surface area contributed by atoms with Crippen molar-refractivity contribution in [1.29, 1.82) is 0 Å². The Bertz CT molecular complexity index is 491. The summed E-state index contributed by atoms with van der Waals surface area (Å²) in [5.41, 5.74) is 4.07. The molecule has 0 heterocycles. The molecule has 19 heavy (non-hydrogen) atoms. The molecule has 0 aliphatic rings. The highest BCUT2D eigenvalue weighted by Gasteiger charge is 2.27. The van der Waals surface area contributed by atoms with E-state index in [-0.39, 0.29) is 18.8 Å². The van der Waals surface area contributed by atoms with Gasteiger partial charge in [0.25, 0.3) is 0 Å². The Morgan fingerprint density at radius 3 is 1.89 bits per heavy atom. The fraction of sp³-hybridized carbons (Fsp3) is 0.300. The summed E-state index contributed by atoms with van der Waals surface area (Å²) in [5.74, 6) is -10.4. The molecule has 1 aromatic carbocycles. The molecule has 0 saturated carbocycles.